The van der Waals surface area contributed by atoms with Crippen molar-refractivity contribution in [3.05, 3.63) is 50.3 Å². The number of thiazole rings is 1. The average molecular weight is 487 g/mol. The van der Waals surface area contributed by atoms with Gasteiger partial charge in [0.05, 0.1) is 24.7 Å². The van der Waals surface area contributed by atoms with Crippen molar-refractivity contribution in [2.45, 2.75) is 71.0 Å². The Morgan fingerprint density at radius 2 is 2.15 bits per heavy atom. The van der Waals surface area contributed by atoms with Crippen LogP contribution in [0.3, 0.4) is 0 Å². The molecule has 4 rings (SSSR count). The van der Waals surface area contributed by atoms with Gasteiger partial charge in [0.25, 0.3) is 0 Å². The van der Waals surface area contributed by atoms with Crippen molar-refractivity contribution >= 4 is 11.3 Å². The molecule has 8 heteroatoms. The second kappa shape index (κ2) is 10.8. The van der Waals surface area contributed by atoms with Gasteiger partial charge in [0.2, 0.25) is 11.8 Å². The van der Waals surface area contributed by atoms with Crippen molar-refractivity contribution in [1.82, 2.24) is 9.55 Å². The summed E-state index contributed by atoms with van der Waals surface area (Å²) in [6, 6.07) is 7.72. The van der Waals surface area contributed by atoms with Gasteiger partial charge in [0, 0.05) is 18.5 Å². The molecule has 184 valence electrons. The Balaban J connectivity index is 1.38. The molecular weight excluding hydrogens is 452 g/mol. The molecule has 0 spiro atoms. The Morgan fingerprint density at radius 3 is 2.85 bits per heavy atom. The number of ether oxygens (including phenoxy) is 2. The van der Waals surface area contributed by atoms with Crippen LogP contribution in [0.15, 0.2) is 33.5 Å². The van der Waals surface area contributed by atoms with E-state index >= 15 is 0 Å². The lowest BCUT2D eigenvalue weighted by atomic mass is 9.84. The van der Waals surface area contributed by atoms with Crippen molar-refractivity contribution in [2.75, 3.05) is 7.11 Å². The molecule has 0 aliphatic heterocycles. The predicted molar refractivity (Wildman–Crippen MR) is 133 cm³/mol. The topological polar surface area (TPSA) is 86.7 Å². The average Bonchev–Trinajstić information content (AvgIpc) is 3.39. The number of methoxy groups -OCH3 is 1. The Hall–Kier alpha value is -2.58. The highest BCUT2D eigenvalue weighted by molar-refractivity contribution is 7.09. The first-order valence-corrected chi connectivity index (χ1v) is 12.8. The molecule has 3 aromatic rings. The molecule has 2 aromatic heterocycles. The minimum Gasteiger partial charge on any atom is -0.497 e. The zero-order chi connectivity index (χ0) is 24.2. The SMILES string of the molecule is COc1cccc(-c2nc(CO[C@H]3CCC[C@@H](CCc4sc(=O)n(C)c4O)C3)c(C(C)C)o2)c1. The van der Waals surface area contributed by atoms with Gasteiger partial charge in [0.1, 0.15) is 17.2 Å². The molecule has 1 saturated carbocycles. The van der Waals surface area contributed by atoms with Crippen LogP contribution in [-0.4, -0.2) is 27.9 Å². The largest absolute Gasteiger partial charge is 0.497 e. The summed E-state index contributed by atoms with van der Waals surface area (Å²) in [5, 5.41) is 10.1. The third kappa shape index (κ3) is 5.55. The molecule has 1 aliphatic carbocycles. The first-order chi connectivity index (χ1) is 16.4. The maximum atomic E-state index is 11.8. The number of rotatable bonds is 9. The number of aromatic nitrogens is 2. The molecule has 7 nitrogen and oxygen atoms in total. The number of aryl methyl sites for hydroxylation is 1. The van der Waals surface area contributed by atoms with Crippen molar-refractivity contribution in [3.63, 3.8) is 0 Å². The lowest BCUT2D eigenvalue weighted by molar-refractivity contribution is -0.000707. The van der Waals surface area contributed by atoms with Gasteiger partial charge in [0.15, 0.2) is 0 Å². The minimum atomic E-state index is -0.112. The van der Waals surface area contributed by atoms with E-state index in [1.807, 2.05) is 24.3 Å². The summed E-state index contributed by atoms with van der Waals surface area (Å²) in [6.45, 7) is 4.63. The van der Waals surface area contributed by atoms with E-state index in [9.17, 15) is 9.90 Å². The number of oxazole rings is 1. The molecule has 0 saturated heterocycles. The van der Waals surface area contributed by atoms with E-state index in [4.69, 9.17) is 18.9 Å². The van der Waals surface area contributed by atoms with Crippen LogP contribution in [0.5, 0.6) is 11.6 Å². The smallest absolute Gasteiger partial charge is 0.309 e. The summed E-state index contributed by atoms with van der Waals surface area (Å²) in [5.74, 6) is 3.05. The highest BCUT2D eigenvalue weighted by Gasteiger charge is 2.25. The second-order valence-electron chi connectivity index (χ2n) is 9.39. The first kappa shape index (κ1) is 24.5. The number of nitrogens with zero attached hydrogens (tertiary/aromatic N) is 2. The molecule has 2 heterocycles. The monoisotopic (exact) mass is 486 g/mol. The molecule has 1 aromatic carbocycles. The molecule has 0 radical (unpaired) electrons. The molecule has 2 atom stereocenters. The van der Waals surface area contributed by atoms with Gasteiger partial charge in [-0.1, -0.05) is 44.1 Å². The lowest BCUT2D eigenvalue weighted by Crippen LogP contribution is -2.23. The summed E-state index contributed by atoms with van der Waals surface area (Å²) in [5.41, 5.74) is 1.74. The summed E-state index contributed by atoms with van der Waals surface area (Å²) in [7, 11) is 3.26. The normalized spacial score (nSPS) is 18.5. The highest BCUT2D eigenvalue weighted by atomic mass is 32.1. The molecule has 34 heavy (non-hydrogen) atoms. The fourth-order valence-corrected chi connectivity index (χ4v) is 5.52. The number of aromatic hydroxyl groups is 1. The summed E-state index contributed by atoms with van der Waals surface area (Å²) in [6.07, 6.45) is 6.17. The zero-order valence-electron chi connectivity index (χ0n) is 20.4. The van der Waals surface area contributed by atoms with E-state index in [-0.39, 0.29) is 22.8 Å². The van der Waals surface area contributed by atoms with Gasteiger partial charge in [-0.3, -0.25) is 9.36 Å². The van der Waals surface area contributed by atoms with E-state index in [0.29, 0.717) is 18.4 Å². The molecule has 1 aliphatic rings. The van der Waals surface area contributed by atoms with E-state index in [2.05, 4.69) is 13.8 Å². The summed E-state index contributed by atoms with van der Waals surface area (Å²) in [4.78, 5) is 17.2. The number of benzene rings is 1. The van der Waals surface area contributed by atoms with Crippen LogP contribution >= 0.6 is 11.3 Å². The highest BCUT2D eigenvalue weighted by Crippen LogP contribution is 2.33. The Bertz CT molecular complexity index is 1160. The number of hydrogen-bond donors (Lipinski definition) is 1. The Labute approximate surface area is 204 Å². The van der Waals surface area contributed by atoms with Crippen molar-refractivity contribution < 1.29 is 19.0 Å². The van der Waals surface area contributed by atoms with Gasteiger partial charge < -0.3 is 19.0 Å². The van der Waals surface area contributed by atoms with Crippen LogP contribution in [0.2, 0.25) is 0 Å². The maximum absolute atomic E-state index is 11.8. The first-order valence-electron chi connectivity index (χ1n) is 12.0. The van der Waals surface area contributed by atoms with Crippen LogP contribution in [0.25, 0.3) is 11.5 Å². The van der Waals surface area contributed by atoms with Crippen LogP contribution in [-0.2, 0) is 24.8 Å². The van der Waals surface area contributed by atoms with Gasteiger partial charge in [-0.2, -0.15) is 0 Å². The fraction of sp³-hybridized carbons (Fsp3) is 0.538. The summed E-state index contributed by atoms with van der Waals surface area (Å²) >= 11 is 1.14. The minimum absolute atomic E-state index is 0.109. The Morgan fingerprint density at radius 1 is 1.32 bits per heavy atom. The molecule has 0 unspecified atom stereocenters. The van der Waals surface area contributed by atoms with E-state index in [0.717, 1.165) is 77.5 Å². The van der Waals surface area contributed by atoms with E-state index in [1.54, 1.807) is 14.2 Å². The lowest BCUT2D eigenvalue weighted by Gasteiger charge is -2.29. The van der Waals surface area contributed by atoms with Crippen LogP contribution < -0.4 is 9.61 Å². The van der Waals surface area contributed by atoms with Crippen LogP contribution in [0.4, 0.5) is 0 Å². The standard InChI is InChI=1S/C26H34N2O5S/c1-16(2)23-21(27-24(33-23)18-8-6-9-19(14-18)31-4)15-32-20-10-5-7-17(13-20)11-12-22-25(29)28(3)26(30)34-22/h6,8-9,14,16-17,20,29H,5,7,10-13,15H2,1-4H3/t17-,20-/m0/s1. The van der Waals surface area contributed by atoms with Gasteiger partial charge in [-0.15, -0.1) is 0 Å². The number of hydrogen-bond acceptors (Lipinski definition) is 7. The van der Waals surface area contributed by atoms with Crippen LogP contribution in [0.1, 0.15) is 68.2 Å². The van der Waals surface area contributed by atoms with E-state index in [1.165, 1.54) is 4.57 Å². The molecule has 0 bridgehead atoms. The molecule has 1 N–H and O–H groups in total. The van der Waals surface area contributed by atoms with E-state index < -0.39 is 0 Å². The van der Waals surface area contributed by atoms with Crippen molar-refractivity contribution in [3.8, 4) is 23.1 Å². The third-order valence-electron chi connectivity index (χ3n) is 6.59. The third-order valence-corrected chi connectivity index (χ3v) is 7.67. The summed E-state index contributed by atoms with van der Waals surface area (Å²) < 4.78 is 19.1. The molecular formula is C26H34N2O5S. The predicted octanol–water partition coefficient (Wildman–Crippen LogP) is 5.65. The maximum Gasteiger partial charge on any atom is 0.309 e. The van der Waals surface area contributed by atoms with Gasteiger partial charge >= 0.3 is 4.87 Å². The second-order valence-corrected chi connectivity index (χ2v) is 10.4. The van der Waals surface area contributed by atoms with Gasteiger partial charge in [-0.25, -0.2) is 4.98 Å². The van der Waals surface area contributed by atoms with Crippen LogP contribution in [0, 0.1) is 5.92 Å². The van der Waals surface area contributed by atoms with Gasteiger partial charge in [-0.05, 0) is 49.8 Å². The fourth-order valence-electron chi connectivity index (χ4n) is 4.64. The Kier molecular flexibility index (Phi) is 7.78. The van der Waals surface area contributed by atoms with Crippen molar-refractivity contribution in [2.24, 2.45) is 13.0 Å². The quantitative estimate of drug-likeness (QED) is 0.421. The van der Waals surface area contributed by atoms with Crippen molar-refractivity contribution in [1.29, 1.82) is 0 Å². The molecule has 1 fully saturated rings. The zero-order valence-corrected chi connectivity index (χ0v) is 21.2. The molecule has 0 amide bonds.